The van der Waals surface area contributed by atoms with Crippen LogP contribution in [0, 0.1) is 6.92 Å². The van der Waals surface area contributed by atoms with Crippen LogP contribution in [-0.2, 0) is 14.8 Å². The third-order valence-corrected chi connectivity index (χ3v) is 7.06. The van der Waals surface area contributed by atoms with Crippen molar-refractivity contribution in [3.8, 4) is 0 Å². The van der Waals surface area contributed by atoms with Crippen molar-refractivity contribution in [3.63, 3.8) is 0 Å². The van der Waals surface area contributed by atoms with E-state index in [-0.39, 0.29) is 16.6 Å². The van der Waals surface area contributed by atoms with E-state index in [1.807, 2.05) is 37.3 Å². The lowest BCUT2D eigenvalue weighted by Gasteiger charge is -2.30. The minimum Gasteiger partial charge on any atom is -0.292 e. The Labute approximate surface area is 154 Å². The van der Waals surface area contributed by atoms with E-state index in [0.717, 1.165) is 29.5 Å². The van der Waals surface area contributed by atoms with Crippen LogP contribution in [0.25, 0.3) is 0 Å². The largest absolute Gasteiger partial charge is 0.292 e. The van der Waals surface area contributed by atoms with Crippen LogP contribution in [0.3, 0.4) is 0 Å². The van der Waals surface area contributed by atoms with Crippen LogP contribution in [-0.4, -0.2) is 25.1 Å². The van der Waals surface area contributed by atoms with Crippen molar-refractivity contribution in [2.75, 3.05) is 6.54 Å². The van der Waals surface area contributed by atoms with Gasteiger partial charge in [0.15, 0.2) is 5.78 Å². The number of Topliss-reactive ketones (excluding diaryl/α,β-unsaturated/α-hetero) is 1. The van der Waals surface area contributed by atoms with Gasteiger partial charge in [0.1, 0.15) is 0 Å². The van der Waals surface area contributed by atoms with Gasteiger partial charge in [0.25, 0.3) is 10.0 Å². The lowest BCUT2D eigenvalue weighted by Crippen LogP contribution is -2.36. The molecule has 1 heterocycles. The van der Waals surface area contributed by atoms with Crippen molar-refractivity contribution in [2.24, 2.45) is 0 Å². The maximum absolute atomic E-state index is 13.2. The number of carbonyl (C=O) groups excluding carboxylic acids is 1. The van der Waals surface area contributed by atoms with Gasteiger partial charge < -0.3 is 0 Å². The topological polar surface area (TPSA) is 54.5 Å². The molecule has 0 N–H and O–H groups in total. The van der Waals surface area contributed by atoms with Crippen LogP contribution >= 0.6 is 0 Å². The molecular weight excluding hydrogens is 346 g/mol. The first kappa shape index (κ1) is 17.0. The van der Waals surface area contributed by atoms with E-state index >= 15 is 0 Å². The summed E-state index contributed by atoms with van der Waals surface area (Å²) in [4.78, 5) is 13.0. The summed E-state index contributed by atoms with van der Waals surface area (Å²) in [6, 6.07) is 16.7. The van der Waals surface area contributed by atoms with Crippen molar-refractivity contribution in [3.05, 3.63) is 77.0 Å². The Bertz CT molecular complexity index is 976. The van der Waals surface area contributed by atoms with Crippen molar-refractivity contribution in [2.45, 2.75) is 37.0 Å². The average Bonchev–Trinajstić information content (AvgIpc) is 3.00. The molecule has 0 saturated carbocycles. The van der Waals surface area contributed by atoms with Gasteiger partial charge in [-0.1, -0.05) is 48.0 Å². The maximum atomic E-state index is 13.2. The fraction of sp³-hybridized carbons (Fsp3) is 0.286. The Morgan fingerprint density at radius 2 is 1.69 bits per heavy atom. The van der Waals surface area contributed by atoms with Crippen LogP contribution in [0.1, 0.15) is 36.3 Å². The average molecular weight is 367 g/mol. The molecule has 1 aliphatic carbocycles. The Balaban J connectivity index is 1.78. The molecule has 0 fully saturated rings. The molecule has 0 amide bonds. The Morgan fingerprint density at radius 3 is 2.38 bits per heavy atom. The number of sulfonamides is 1. The van der Waals surface area contributed by atoms with Gasteiger partial charge in [-0.25, -0.2) is 8.42 Å². The number of aryl methyl sites for hydroxylation is 1. The first-order valence-corrected chi connectivity index (χ1v) is 10.3. The summed E-state index contributed by atoms with van der Waals surface area (Å²) in [6.45, 7) is 2.28. The number of hydrogen-bond donors (Lipinski definition) is 0. The number of ketones is 1. The summed E-state index contributed by atoms with van der Waals surface area (Å²) in [5, 5.41) is 0. The highest BCUT2D eigenvalue weighted by Crippen LogP contribution is 2.44. The molecule has 2 aromatic rings. The molecule has 2 aliphatic rings. The molecule has 0 saturated heterocycles. The highest BCUT2D eigenvalue weighted by molar-refractivity contribution is 7.89. The van der Waals surface area contributed by atoms with Gasteiger partial charge in [-0.05, 0) is 43.0 Å². The molecule has 0 spiro atoms. The zero-order valence-corrected chi connectivity index (χ0v) is 15.5. The Morgan fingerprint density at radius 1 is 1.00 bits per heavy atom. The molecular formula is C21H21NO3S. The van der Waals surface area contributed by atoms with Crippen LogP contribution in [0.15, 0.2) is 70.8 Å². The molecule has 1 aliphatic heterocycles. The third kappa shape index (κ3) is 2.76. The van der Waals surface area contributed by atoms with Gasteiger partial charge in [0.2, 0.25) is 0 Å². The number of hydrogen-bond acceptors (Lipinski definition) is 3. The lowest BCUT2D eigenvalue weighted by molar-refractivity contribution is -0.116. The van der Waals surface area contributed by atoms with E-state index in [1.54, 1.807) is 24.3 Å². The molecule has 0 aromatic heterocycles. The first-order valence-electron chi connectivity index (χ1n) is 8.89. The third-order valence-electron chi connectivity index (χ3n) is 5.25. The molecule has 4 rings (SSSR count). The van der Waals surface area contributed by atoms with Crippen molar-refractivity contribution < 1.29 is 13.2 Å². The predicted octanol–water partition coefficient (Wildman–Crippen LogP) is 3.79. The summed E-state index contributed by atoms with van der Waals surface area (Å²) in [7, 11) is -3.72. The van der Waals surface area contributed by atoms with Crippen LogP contribution < -0.4 is 0 Å². The second-order valence-corrected chi connectivity index (χ2v) is 8.82. The number of benzene rings is 2. The smallest absolute Gasteiger partial charge is 0.264 e. The summed E-state index contributed by atoms with van der Waals surface area (Å²) in [6.07, 6.45) is 1.87. The maximum Gasteiger partial charge on any atom is 0.264 e. The Kier molecular flexibility index (Phi) is 4.19. The number of allylic oxidation sites excluding steroid dienone is 2. The Hall–Kier alpha value is -2.40. The SMILES string of the molecule is Cc1ccc(S(=O)(=O)N2CCCC3=C2C(=O)CC3c2ccccc2)cc1. The molecule has 4 nitrogen and oxygen atoms in total. The molecule has 2 aromatic carbocycles. The predicted molar refractivity (Wildman–Crippen MR) is 100 cm³/mol. The molecule has 134 valence electrons. The van der Waals surface area contributed by atoms with E-state index in [2.05, 4.69) is 0 Å². The molecule has 5 heteroatoms. The fourth-order valence-corrected chi connectivity index (χ4v) is 5.51. The zero-order chi connectivity index (χ0) is 18.3. The summed E-state index contributed by atoms with van der Waals surface area (Å²) in [5.41, 5.74) is 3.47. The molecule has 1 unspecified atom stereocenters. The van der Waals surface area contributed by atoms with E-state index in [9.17, 15) is 13.2 Å². The second kappa shape index (κ2) is 6.40. The second-order valence-electron chi connectivity index (χ2n) is 6.96. The fourth-order valence-electron chi connectivity index (χ4n) is 3.95. The van der Waals surface area contributed by atoms with Gasteiger partial charge in [0, 0.05) is 18.9 Å². The van der Waals surface area contributed by atoms with Gasteiger partial charge in [-0.3, -0.25) is 9.10 Å². The van der Waals surface area contributed by atoms with E-state index in [0.29, 0.717) is 18.7 Å². The van der Waals surface area contributed by atoms with E-state index in [4.69, 9.17) is 0 Å². The minimum atomic E-state index is -3.72. The van der Waals surface area contributed by atoms with E-state index < -0.39 is 10.0 Å². The standard InChI is InChI=1S/C21H21NO3S/c1-15-9-11-17(12-10-15)26(24,25)22-13-5-8-18-19(14-20(23)21(18)22)16-6-3-2-4-7-16/h2-4,6-7,9-12,19H,5,8,13-14H2,1H3. The van der Waals surface area contributed by atoms with Gasteiger partial charge >= 0.3 is 0 Å². The van der Waals surface area contributed by atoms with Crippen molar-refractivity contribution >= 4 is 15.8 Å². The highest BCUT2D eigenvalue weighted by Gasteiger charge is 2.42. The van der Waals surface area contributed by atoms with Gasteiger partial charge in [-0.15, -0.1) is 0 Å². The number of rotatable bonds is 3. The lowest BCUT2D eigenvalue weighted by atomic mass is 9.89. The van der Waals surface area contributed by atoms with Crippen LogP contribution in [0.2, 0.25) is 0 Å². The summed E-state index contributed by atoms with van der Waals surface area (Å²) >= 11 is 0. The van der Waals surface area contributed by atoms with Gasteiger partial charge in [-0.2, -0.15) is 0 Å². The highest BCUT2D eigenvalue weighted by atomic mass is 32.2. The first-order chi connectivity index (χ1) is 12.5. The van der Waals surface area contributed by atoms with Gasteiger partial charge in [0.05, 0.1) is 10.6 Å². The van der Waals surface area contributed by atoms with E-state index in [1.165, 1.54) is 4.31 Å². The van der Waals surface area contributed by atoms with Crippen LogP contribution in [0.4, 0.5) is 0 Å². The number of nitrogens with zero attached hydrogens (tertiary/aromatic N) is 1. The normalized spacial score (nSPS) is 20.4. The zero-order valence-electron chi connectivity index (χ0n) is 14.7. The molecule has 0 radical (unpaired) electrons. The van der Waals surface area contributed by atoms with Crippen molar-refractivity contribution in [1.82, 2.24) is 4.31 Å². The molecule has 0 bridgehead atoms. The van der Waals surface area contributed by atoms with Crippen molar-refractivity contribution in [1.29, 1.82) is 0 Å². The quantitative estimate of drug-likeness (QED) is 0.829. The minimum absolute atomic E-state index is 0.00489. The van der Waals surface area contributed by atoms with Crippen LogP contribution in [0.5, 0.6) is 0 Å². The monoisotopic (exact) mass is 367 g/mol. The molecule has 1 atom stereocenters. The number of carbonyl (C=O) groups is 1. The summed E-state index contributed by atoms with van der Waals surface area (Å²) in [5.74, 6) is -0.0704. The molecule has 26 heavy (non-hydrogen) atoms. The summed E-state index contributed by atoms with van der Waals surface area (Å²) < 4.78 is 27.7.